The van der Waals surface area contributed by atoms with Crippen molar-refractivity contribution in [3.63, 3.8) is 0 Å². The van der Waals surface area contributed by atoms with Crippen molar-refractivity contribution in [2.45, 2.75) is 13.8 Å². The summed E-state index contributed by atoms with van der Waals surface area (Å²) >= 11 is 0. The van der Waals surface area contributed by atoms with Gasteiger partial charge in [0.05, 0.1) is 5.92 Å². The molecule has 1 aromatic rings. The number of ether oxygens (including phenoxy) is 1. The van der Waals surface area contributed by atoms with Gasteiger partial charge in [0.1, 0.15) is 5.75 Å². The molecule has 0 fully saturated rings. The number of hydrogen-bond acceptors (Lipinski definition) is 2. The number of para-hydroxylation sites is 1. The fourth-order valence-electron chi connectivity index (χ4n) is 0.834. The van der Waals surface area contributed by atoms with E-state index >= 15 is 0 Å². The molecule has 1 rings (SSSR count). The first-order chi connectivity index (χ1) is 6.24. The van der Waals surface area contributed by atoms with Gasteiger partial charge in [-0.2, -0.15) is 0 Å². The average Bonchev–Trinajstić information content (AvgIpc) is 2.18. The average molecular weight is 177 g/mol. The van der Waals surface area contributed by atoms with Crippen molar-refractivity contribution in [3.8, 4) is 5.75 Å². The molecule has 13 heavy (non-hydrogen) atoms. The molecule has 0 heterocycles. The van der Waals surface area contributed by atoms with Crippen LogP contribution < -0.4 is 4.74 Å². The molecule has 2 heteroatoms. The molecular formula is C11H13O2. The lowest BCUT2D eigenvalue weighted by Gasteiger charge is -2.07. The molecule has 1 atom stereocenters. The van der Waals surface area contributed by atoms with E-state index in [0.29, 0.717) is 5.75 Å². The second-order valence-electron chi connectivity index (χ2n) is 2.86. The van der Waals surface area contributed by atoms with Crippen LogP contribution in [0.3, 0.4) is 0 Å². The fourth-order valence-corrected chi connectivity index (χ4v) is 0.834. The molecule has 0 spiro atoms. The van der Waals surface area contributed by atoms with Crippen molar-refractivity contribution in [2.75, 3.05) is 0 Å². The Morgan fingerprint density at radius 2 is 2.00 bits per heavy atom. The summed E-state index contributed by atoms with van der Waals surface area (Å²) < 4.78 is 5.10. The molecule has 0 bridgehead atoms. The third kappa shape index (κ3) is 2.90. The Balaban J connectivity index is 2.55. The molecule has 0 amide bonds. The van der Waals surface area contributed by atoms with Crippen LogP contribution in [0.4, 0.5) is 0 Å². The molecule has 1 radical (unpaired) electrons. The minimum absolute atomic E-state index is 0.153. The van der Waals surface area contributed by atoms with Gasteiger partial charge in [-0.25, -0.2) is 0 Å². The highest BCUT2D eigenvalue weighted by atomic mass is 16.5. The van der Waals surface area contributed by atoms with E-state index in [0.717, 1.165) is 0 Å². The number of carbonyl (C=O) groups excluding carboxylic acids is 1. The molecule has 2 nitrogen and oxygen atoms in total. The molecule has 1 unspecified atom stereocenters. The predicted molar refractivity (Wildman–Crippen MR) is 51.2 cm³/mol. The molecular weight excluding hydrogens is 164 g/mol. The van der Waals surface area contributed by atoms with Crippen LogP contribution in [0.1, 0.15) is 13.8 Å². The lowest BCUT2D eigenvalue weighted by atomic mass is 10.1. The second kappa shape index (κ2) is 4.65. The summed E-state index contributed by atoms with van der Waals surface area (Å²) in [6.07, 6.45) is 1.81. The van der Waals surface area contributed by atoms with Crippen LogP contribution in [0.2, 0.25) is 0 Å². The largest absolute Gasteiger partial charge is 0.426 e. The Hall–Kier alpha value is -1.31. The summed E-state index contributed by atoms with van der Waals surface area (Å²) in [4.78, 5) is 11.3. The Bertz CT molecular complexity index is 267. The van der Waals surface area contributed by atoms with Gasteiger partial charge in [-0.1, -0.05) is 32.0 Å². The molecule has 0 N–H and O–H groups in total. The minimum Gasteiger partial charge on any atom is -0.426 e. The Kier molecular flexibility index (Phi) is 3.50. The first-order valence-corrected chi connectivity index (χ1v) is 4.30. The predicted octanol–water partition coefficient (Wildman–Crippen LogP) is 2.45. The van der Waals surface area contributed by atoms with Crippen molar-refractivity contribution in [2.24, 2.45) is 5.92 Å². The molecule has 0 aliphatic rings. The zero-order chi connectivity index (χ0) is 9.68. The zero-order valence-electron chi connectivity index (χ0n) is 7.86. The summed E-state index contributed by atoms with van der Waals surface area (Å²) in [5.41, 5.74) is 0. The standard InChI is InChI=1S/C11H13O2/c1-3-9(2)11(12)13-10-7-5-4-6-8-10/h3-9H,1-2H3. The lowest BCUT2D eigenvalue weighted by molar-refractivity contribution is -0.137. The fraction of sp³-hybridized carbons (Fsp3) is 0.273. The van der Waals surface area contributed by atoms with Crippen LogP contribution in [0.25, 0.3) is 0 Å². The Morgan fingerprint density at radius 3 is 2.54 bits per heavy atom. The summed E-state index contributed by atoms with van der Waals surface area (Å²) in [5, 5.41) is 0. The maximum atomic E-state index is 11.3. The number of benzene rings is 1. The van der Waals surface area contributed by atoms with Crippen molar-refractivity contribution >= 4 is 5.97 Å². The number of carbonyl (C=O) groups is 1. The maximum Gasteiger partial charge on any atom is 0.314 e. The maximum absolute atomic E-state index is 11.3. The molecule has 0 aliphatic carbocycles. The molecule has 0 saturated carbocycles. The van der Waals surface area contributed by atoms with E-state index in [1.807, 2.05) is 38.5 Å². The van der Waals surface area contributed by atoms with Crippen molar-refractivity contribution < 1.29 is 9.53 Å². The quantitative estimate of drug-likeness (QED) is 0.523. The first-order valence-electron chi connectivity index (χ1n) is 4.30. The van der Waals surface area contributed by atoms with Crippen molar-refractivity contribution in [1.82, 2.24) is 0 Å². The van der Waals surface area contributed by atoms with Crippen LogP contribution in [-0.2, 0) is 4.79 Å². The van der Waals surface area contributed by atoms with E-state index < -0.39 is 0 Å². The van der Waals surface area contributed by atoms with Crippen LogP contribution in [-0.4, -0.2) is 5.97 Å². The SMILES string of the molecule is C[CH]C(C)C(=O)Oc1ccccc1. The van der Waals surface area contributed by atoms with Gasteiger partial charge in [0.15, 0.2) is 0 Å². The van der Waals surface area contributed by atoms with Crippen molar-refractivity contribution in [1.29, 1.82) is 0 Å². The van der Waals surface area contributed by atoms with E-state index in [9.17, 15) is 4.79 Å². The Labute approximate surface area is 78.5 Å². The van der Waals surface area contributed by atoms with Crippen LogP contribution in [0.15, 0.2) is 30.3 Å². The first kappa shape index (κ1) is 9.78. The number of esters is 1. The van der Waals surface area contributed by atoms with Crippen LogP contribution in [0.5, 0.6) is 5.75 Å². The van der Waals surface area contributed by atoms with E-state index in [1.54, 1.807) is 12.1 Å². The zero-order valence-corrected chi connectivity index (χ0v) is 7.86. The molecule has 0 aromatic heterocycles. The molecule has 1 aromatic carbocycles. The monoisotopic (exact) mass is 177 g/mol. The van der Waals surface area contributed by atoms with E-state index in [4.69, 9.17) is 4.74 Å². The second-order valence-corrected chi connectivity index (χ2v) is 2.86. The molecule has 0 aliphatic heterocycles. The van der Waals surface area contributed by atoms with Gasteiger partial charge in [0.2, 0.25) is 0 Å². The normalized spacial score (nSPS) is 12.2. The minimum atomic E-state index is -0.214. The van der Waals surface area contributed by atoms with Gasteiger partial charge in [0, 0.05) is 0 Å². The lowest BCUT2D eigenvalue weighted by Crippen LogP contribution is -2.17. The van der Waals surface area contributed by atoms with Gasteiger partial charge < -0.3 is 4.74 Å². The van der Waals surface area contributed by atoms with Gasteiger partial charge in [0.25, 0.3) is 0 Å². The number of rotatable bonds is 3. The van der Waals surface area contributed by atoms with Crippen LogP contribution >= 0.6 is 0 Å². The summed E-state index contributed by atoms with van der Waals surface area (Å²) in [6.45, 7) is 3.65. The summed E-state index contributed by atoms with van der Waals surface area (Å²) in [6, 6.07) is 9.08. The van der Waals surface area contributed by atoms with Gasteiger partial charge >= 0.3 is 5.97 Å². The highest BCUT2D eigenvalue weighted by Gasteiger charge is 2.12. The van der Waals surface area contributed by atoms with E-state index in [-0.39, 0.29) is 11.9 Å². The molecule has 0 saturated heterocycles. The van der Waals surface area contributed by atoms with E-state index in [1.165, 1.54) is 0 Å². The summed E-state index contributed by atoms with van der Waals surface area (Å²) in [5.74, 6) is 0.232. The Morgan fingerprint density at radius 1 is 1.38 bits per heavy atom. The van der Waals surface area contributed by atoms with Gasteiger partial charge in [-0.05, 0) is 18.6 Å². The van der Waals surface area contributed by atoms with E-state index in [2.05, 4.69) is 0 Å². The summed E-state index contributed by atoms with van der Waals surface area (Å²) in [7, 11) is 0. The third-order valence-electron chi connectivity index (χ3n) is 1.83. The van der Waals surface area contributed by atoms with Gasteiger partial charge in [-0.15, -0.1) is 0 Å². The van der Waals surface area contributed by atoms with Crippen molar-refractivity contribution in [3.05, 3.63) is 36.8 Å². The topological polar surface area (TPSA) is 26.3 Å². The third-order valence-corrected chi connectivity index (χ3v) is 1.83. The smallest absolute Gasteiger partial charge is 0.314 e. The highest BCUT2D eigenvalue weighted by Crippen LogP contribution is 2.11. The van der Waals surface area contributed by atoms with Gasteiger partial charge in [-0.3, -0.25) is 4.79 Å². The highest BCUT2D eigenvalue weighted by molar-refractivity contribution is 5.75. The number of hydrogen-bond donors (Lipinski definition) is 0. The van der Waals surface area contributed by atoms with Crippen LogP contribution in [0, 0.1) is 12.3 Å². The molecule has 69 valence electrons.